The molecular formula is C19H26N6O2S. The predicted octanol–water partition coefficient (Wildman–Crippen LogP) is 2.34. The van der Waals surface area contributed by atoms with Gasteiger partial charge >= 0.3 is 0 Å². The average Bonchev–Trinajstić information content (AvgIpc) is 3.36. The van der Waals surface area contributed by atoms with Crippen LogP contribution in [0.25, 0.3) is 11.6 Å². The van der Waals surface area contributed by atoms with Crippen LogP contribution in [0.3, 0.4) is 0 Å². The van der Waals surface area contributed by atoms with Crippen molar-refractivity contribution in [3.05, 3.63) is 18.4 Å². The molecule has 8 nitrogen and oxygen atoms in total. The van der Waals surface area contributed by atoms with Crippen molar-refractivity contribution in [1.82, 2.24) is 24.6 Å². The van der Waals surface area contributed by atoms with Gasteiger partial charge < -0.3 is 9.32 Å². The molecule has 1 saturated heterocycles. The van der Waals surface area contributed by atoms with Crippen molar-refractivity contribution in [3.8, 4) is 17.7 Å². The fourth-order valence-corrected chi connectivity index (χ4v) is 4.29. The summed E-state index contributed by atoms with van der Waals surface area (Å²) in [6, 6.07) is 5.96. The molecule has 0 N–H and O–H groups in total. The summed E-state index contributed by atoms with van der Waals surface area (Å²) >= 11 is 1.40. The molecule has 3 heterocycles. The van der Waals surface area contributed by atoms with Crippen LogP contribution in [0.4, 0.5) is 0 Å². The van der Waals surface area contributed by atoms with E-state index in [1.54, 1.807) is 6.26 Å². The van der Waals surface area contributed by atoms with Crippen LogP contribution in [-0.4, -0.2) is 68.4 Å². The monoisotopic (exact) mass is 402 g/mol. The molecule has 1 atom stereocenters. The number of amides is 1. The van der Waals surface area contributed by atoms with Gasteiger partial charge in [-0.05, 0) is 25.0 Å². The maximum absolute atomic E-state index is 12.6. The van der Waals surface area contributed by atoms with E-state index in [0.29, 0.717) is 42.1 Å². The summed E-state index contributed by atoms with van der Waals surface area (Å²) in [6.45, 7) is 9.61. The molecule has 1 unspecified atom stereocenters. The van der Waals surface area contributed by atoms with Crippen LogP contribution in [0.5, 0.6) is 0 Å². The molecular weight excluding hydrogens is 376 g/mol. The third-order valence-corrected chi connectivity index (χ3v) is 5.88. The topological polar surface area (TPSA) is 91.2 Å². The number of aromatic nitrogens is 3. The second-order valence-corrected chi connectivity index (χ2v) is 7.99. The molecule has 1 aliphatic heterocycles. The number of hydrogen-bond donors (Lipinski definition) is 0. The first-order chi connectivity index (χ1) is 13.5. The molecule has 150 valence electrons. The maximum atomic E-state index is 12.6. The van der Waals surface area contributed by atoms with Gasteiger partial charge in [-0.3, -0.25) is 14.3 Å². The fourth-order valence-electron chi connectivity index (χ4n) is 3.39. The maximum Gasteiger partial charge on any atom is 0.233 e. The zero-order valence-corrected chi connectivity index (χ0v) is 17.4. The molecule has 9 heteroatoms. The number of nitrogens with zero attached hydrogens (tertiary/aromatic N) is 6. The van der Waals surface area contributed by atoms with Gasteiger partial charge in [0.05, 0.1) is 18.1 Å². The normalized spacial score (nSPS) is 16.3. The highest BCUT2D eigenvalue weighted by Crippen LogP contribution is 2.24. The smallest absolute Gasteiger partial charge is 0.233 e. The molecule has 1 aliphatic rings. The molecule has 28 heavy (non-hydrogen) atoms. The summed E-state index contributed by atoms with van der Waals surface area (Å²) in [5, 5.41) is 18.5. The van der Waals surface area contributed by atoms with Gasteiger partial charge in [-0.2, -0.15) is 5.26 Å². The molecule has 0 radical (unpaired) electrons. The lowest BCUT2D eigenvalue weighted by molar-refractivity contribution is -0.130. The van der Waals surface area contributed by atoms with E-state index < -0.39 is 0 Å². The number of furan rings is 1. The summed E-state index contributed by atoms with van der Waals surface area (Å²) in [5.41, 5.74) is 0. The number of hydrogen-bond acceptors (Lipinski definition) is 7. The molecule has 3 rings (SSSR count). The standard InChI is InChI=1S/C19H26N6O2S/c1-4-25-18(16-6-5-11-27-16)21-22-19(25)28-13-17(26)24-9-7-23(8-10-24)15(12-20)14(2)3/h5-6,11,14-15H,4,7-10,13H2,1-3H3. The molecule has 0 saturated carbocycles. The van der Waals surface area contributed by atoms with E-state index >= 15 is 0 Å². The molecule has 2 aromatic rings. The molecule has 0 aromatic carbocycles. The van der Waals surface area contributed by atoms with E-state index in [1.807, 2.05) is 28.5 Å². The van der Waals surface area contributed by atoms with Gasteiger partial charge in [-0.1, -0.05) is 25.6 Å². The zero-order valence-electron chi connectivity index (χ0n) is 16.5. The van der Waals surface area contributed by atoms with Crippen LogP contribution in [0, 0.1) is 17.2 Å². The van der Waals surface area contributed by atoms with Crippen molar-refractivity contribution in [2.24, 2.45) is 5.92 Å². The second kappa shape index (κ2) is 9.26. The highest BCUT2D eigenvalue weighted by Gasteiger charge is 2.28. The number of rotatable bonds is 7. The lowest BCUT2D eigenvalue weighted by atomic mass is 10.0. The Balaban J connectivity index is 1.55. The summed E-state index contributed by atoms with van der Waals surface area (Å²) in [4.78, 5) is 16.7. The summed E-state index contributed by atoms with van der Waals surface area (Å²) in [6.07, 6.45) is 1.61. The van der Waals surface area contributed by atoms with E-state index in [9.17, 15) is 10.1 Å². The fraction of sp³-hybridized carbons (Fsp3) is 0.579. The van der Waals surface area contributed by atoms with Crippen molar-refractivity contribution in [1.29, 1.82) is 5.26 Å². The number of piperazine rings is 1. The predicted molar refractivity (Wildman–Crippen MR) is 107 cm³/mol. The first-order valence-electron chi connectivity index (χ1n) is 9.56. The van der Waals surface area contributed by atoms with Crippen molar-refractivity contribution in [2.75, 3.05) is 31.9 Å². The number of carbonyl (C=O) groups excluding carboxylic acids is 1. The minimum Gasteiger partial charge on any atom is -0.461 e. The van der Waals surface area contributed by atoms with Crippen LogP contribution >= 0.6 is 11.8 Å². The Labute approximate surface area is 169 Å². The van der Waals surface area contributed by atoms with Crippen LogP contribution in [-0.2, 0) is 11.3 Å². The highest BCUT2D eigenvalue weighted by molar-refractivity contribution is 7.99. The summed E-state index contributed by atoms with van der Waals surface area (Å²) < 4.78 is 7.37. The Bertz CT molecular complexity index is 818. The van der Waals surface area contributed by atoms with Gasteiger partial charge in [0, 0.05) is 32.7 Å². The second-order valence-electron chi connectivity index (χ2n) is 7.05. The molecule has 0 spiro atoms. The van der Waals surface area contributed by atoms with Gasteiger partial charge in [-0.25, -0.2) is 0 Å². The zero-order chi connectivity index (χ0) is 20.1. The van der Waals surface area contributed by atoms with E-state index in [0.717, 1.165) is 13.1 Å². The SMILES string of the molecule is CCn1c(SCC(=O)N2CCN(C(C#N)C(C)C)CC2)nnc1-c1ccco1. The summed E-state index contributed by atoms with van der Waals surface area (Å²) in [7, 11) is 0. The van der Waals surface area contributed by atoms with Gasteiger partial charge in [-0.15, -0.1) is 10.2 Å². The molecule has 2 aromatic heterocycles. The lowest BCUT2D eigenvalue weighted by Crippen LogP contribution is -2.53. The van der Waals surface area contributed by atoms with Crippen molar-refractivity contribution in [2.45, 2.75) is 38.5 Å². The number of nitriles is 1. The quantitative estimate of drug-likeness (QED) is 0.657. The van der Waals surface area contributed by atoms with Gasteiger partial charge in [0.2, 0.25) is 5.91 Å². The first kappa shape index (κ1) is 20.4. The average molecular weight is 403 g/mol. The largest absolute Gasteiger partial charge is 0.461 e. The Morgan fingerprint density at radius 3 is 2.64 bits per heavy atom. The molecule has 0 bridgehead atoms. The van der Waals surface area contributed by atoms with Crippen molar-refractivity contribution < 1.29 is 9.21 Å². The van der Waals surface area contributed by atoms with Crippen LogP contribution in [0.1, 0.15) is 20.8 Å². The molecule has 0 aliphatic carbocycles. The van der Waals surface area contributed by atoms with E-state index in [4.69, 9.17) is 4.42 Å². The third-order valence-electron chi connectivity index (χ3n) is 4.92. The van der Waals surface area contributed by atoms with E-state index in [2.05, 4.69) is 35.0 Å². The van der Waals surface area contributed by atoms with Crippen molar-refractivity contribution >= 4 is 17.7 Å². The lowest BCUT2D eigenvalue weighted by Gasteiger charge is -2.38. The highest BCUT2D eigenvalue weighted by atomic mass is 32.2. The van der Waals surface area contributed by atoms with Crippen LogP contribution < -0.4 is 0 Å². The minimum atomic E-state index is -0.0882. The Morgan fingerprint density at radius 2 is 2.07 bits per heavy atom. The first-order valence-corrected chi connectivity index (χ1v) is 10.5. The molecule has 1 amide bonds. The number of carbonyl (C=O) groups is 1. The van der Waals surface area contributed by atoms with Crippen LogP contribution in [0.2, 0.25) is 0 Å². The number of thioether (sulfide) groups is 1. The third kappa shape index (κ3) is 4.39. The Morgan fingerprint density at radius 1 is 1.32 bits per heavy atom. The van der Waals surface area contributed by atoms with Gasteiger partial charge in [0.1, 0.15) is 6.04 Å². The van der Waals surface area contributed by atoms with Gasteiger partial charge in [0.25, 0.3) is 0 Å². The van der Waals surface area contributed by atoms with Crippen molar-refractivity contribution in [3.63, 3.8) is 0 Å². The minimum absolute atomic E-state index is 0.0882. The summed E-state index contributed by atoms with van der Waals surface area (Å²) in [5.74, 6) is 2.04. The molecule has 1 fully saturated rings. The van der Waals surface area contributed by atoms with Gasteiger partial charge in [0.15, 0.2) is 16.7 Å². The Kier molecular flexibility index (Phi) is 6.75. The van der Waals surface area contributed by atoms with E-state index in [-0.39, 0.29) is 17.9 Å². The van der Waals surface area contributed by atoms with Crippen LogP contribution in [0.15, 0.2) is 28.0 Å². The Hall–Kier alpha value is -2.31. The van der Waals surface area contributed by atoms with E-state index in [1.165, 1.54) is 11.8 Å².